The lowest BCUT2D eigenvalue weighted by atomic mass is 10.5. The molecule has 0 aliphatic carbocycles. The number of ether oxygens (including phenoxy) is 1. The van der Waals surface area contributed by atoms with Crippen molar-refractivity contribution in [3.05, 3.63) is 0 Å². The fraction of sp³-hybridized carbons (Fsp3) is 1.00. The Hall–Kier alpha value is 4.27. The average molecular weight is 634 g/mol. The van der Waals surface area contributed by atoms with Gasteiger partial charge >= 0.3 is 0 Å². The van der Waals surface area contributed by atoms with Gasteiger partial charge in [0.05, 0.1) is 13.2 Å². The van der Waals surface area contributed by atoms with Crippen molar-refractivity contribution in [2.24, 2.45) is 0 Å². The van der Waals surface area contributed by atoms with Gasteiger partial charge in [-0.1, -0.05) is 0 Å². The van der Waals surface area contributed by atoms with Gasteiger partial charge in [0.2, 0.25) is 0 Å². The summed E-state index contributed by atoms with van der Waals surface area (Å²) >= 11 is 0. The Bertz CT molecular complexity index is 41.1. The molecule has 1 saturated heterocycles. The molecule has 0 bridgehead atoms. The van der Waals surface area contributed by atoms with Gasteiger partial charge < -0.3 is 10.1 Å². The highest BCUT2D eigenvalue weighted by Crippen LogP contribution is 1.76. The lowest BCUT2D eigenvalue weighted by Gasteiger charge is -2.10. The summed E-state index contributed by atoms with van der Waals surface area (Å²) in [6.07, 6.45) is 0. The summed E-state index contributed by atoms with van der Waals surface area (Å²) in [7, 11) is 0. The molecule has 0 aromatic heterocycles. The van der Waals surface area contributed by atoms with Crippen LogP contribution in [0.3, 0.4) is 0 Å². The van der Waals surface area contributed by atoms with Crippen LogP contribution in [0.2, 0.25) is 0 Å². The Morgan fingerprint density at radius 1 is 0.381 bits per heavy atom. The quantitative estimate of drug-likeness (QED) is 0.357. The van der Waals surface area contributed by atoms with Crippen LogP contribution in [-0.4, -0.2) is 26.3 Å². The van der Waals surface area contributed by atoms with Crippen LogP contribution >= 0.6 is 186 Å². The average Bonchev–Trinajstić information content (AvgIpc) is 1.72. The van der Waals surface area contributed by atoms with E-state index in [1.807, 2.05) is 0 Å². The van der Waals surface area contributed by atoms with Crippen LogP contribution < -0.4 is 5.32 Å². The summed E-state index contributed by atoms with van der Waals surface area (Å²) in [5.41, 5.74) is 0. The van der Waals surface area contributed by atoms with Gasteiger partial charge in [-0.15, -0.1) is 186 Å². The van der Waals surface area contributed by atoms with Gasteiger partial charge in [-0.25, -0.2) is 0 Å². The highest BCUT2D eigenvalue weighted by Gasteiger charge is 1.92. The molecule has 17 heteroatoms. The number of hydrogen-bond acceptors (Lipinski definition) is 2. The third-order valence-electron chi connectivity index (χ3n) is 0.846. The van der Waals surface area contributed by atoms with E-state index in [4.69, 9.17) is 4.74 Å². The molecular weight excluding hydrogens is 610 g/mol. The lowest BCUT2D eigenvalue weighted by molar-refractivity contribution is 0.109. The summed E-state index contributed by atoms with van der Waals surface area (Å²) < 4.78 is 5.01. The summed E-state index contributed by atoms with van der Waals surface area (Å²) in [5.74, 6) is 0. The molecule has 0 atom stereocenters. The van der Waals surface area contributed by atoms with Crippen LogP contribution in [0.1, 0.15) is 0 Å². The molecule has 2 nitrogen and oxygen atoms in total. The molecule has 1 rings (SSSR count). The molecule has 0 saturated carbocycles. The van der Waals surface area contributed by atoms with Crippen molar-refractivity contribution in [2.45, 2.75) is 0 Å². The number of rotatable bonds is 0. The minimum absolute atomic E-state index is 0. The zero-order valence-corrected chi connectivity index (χ0v) is 22.1. The summed E-state index contributed by atoms with van der Waals surface area (Å²) in [4.78, 5) is 0. The molecule has 0 unspecified atom stereocenters. The Morgan fingerprint density at radius 3 is 0.619 bits per heavy atom. The Morgan fingerprint density at radius 2 is 0.571 bits per heavy atom. The second kappa shape index (κ2) is 125. The number of morpholine rings is 1. The zero-order valence-electron chi connectivity index (χ0n) is 9.86. The summed E-state index contributed by atoms with van der Waals surface area (Å²) in [5, 5.41) is 3.16. The molecular formula is C4H24Cl15NO. The molecule has 0 aromatic rings. The molecule has 1 fully saturated rings. The molecule has 1 aliphatic rings. The van der Waals surface area contributed by atoms with Crippen molar-refractivity contribution in [2.75, 3.05) is 26.3 Å². The van der Waals surface area contributed by atoms with Crippen molar-refractivity contribution in [1.82, 2.24) is 5.32 Å². The molecule has 0 spiro atoms. The van der Waals surface area contributed by atoms with Gasteiger partial charge in [0.25, 0.3) is 0 Å². The predicted octanol–water partition coefficient (Wildman–Crippen LogP) is 5.93. The fourth-order valence-electron chi connectivity index (χ4n) is 0.516. The first-order valence-electron chi connectivity index (χ1n) is 2.28. The molecule has 0 aromatic carbocycles. The molecule has 1 aliphatic heterocycles. The van der Waals surface area contributed by atoms with Crippen molar-refractivity contribution < 1.29 is 4.74 Å². The van der Waals surface area contributed by atoms with E-state index >= 15 is 0 Å². The van der Waals surface area contributed by atoms with Crippen LogP contribution in [0.15, 0.2) is 0 Å². The third kappa shape index (κ3) is 114. The van der Waals surface area contributed by atoms with Crippen LogP contribution in [0.25, 0.3) is 0 Å². The standard InChI is InChI=1S/C4H9NO.15ClH/c1-3-6-4-2-5-1;;;;;;;;;;;;;;;/h5H,1-4H2;15*1H. The SMILES string of the molecule is C1COCCN1.Cl.Cl.Cl.Cl.Cl.Cl.Cl.Cl.Cl.Cl.Cl.Cl.Cl.Cl.Cl. The van der Waals surface area contributed by atoms with E-state index in [-0.39, 0.29) is 186 Å². The van der Waals surface area contributed by atoms with Crippen LogP contribution in [0, 0.1) is 0 Å². The van der Waals surface area contributed by atoms with Gasteiger partial charge in [-0.3, -0.25) is 0 Å². The van der Waals surface area contributed by atoms with Crippen molar-refractivity contribution in [1.29, 1.82) is 0 Å². The minimum atomic E-state index is 0. The fourth-order valence-corrected chi connectivity index (χ4v) is 0.516. The zero-order chi connectivity index (χ0) is 4.24. The minimum Gasteiger partial charge on any atom is -0.379 e. The first-order chi connectivity index (χ1) is 3.00. The first-order valence-corrected chi connectivity index (χ1v) is 2.28. The monoisotopic (exact) mass is 627 g/mol. The second-order valence-electron chi connectivity index (χ2n) is 1.36. The Balaban J connectivity index is -0.00000000185. The number of hydrogen-bond donors (Lipinski definition) is 1. The summed E-state index contributed by atoms with van der Waals surface area (Å²) in [6, 6.07) is 0. The predicted molar refractivity (Wildman–Crippen MR) is 132 cm³/mol. The first kappa shape index (κ1) is 141. The van der Waals surface area contributed by atoms with Crippen molar-refractivity contribution in [3.8, 4) is 0 Å². The smallest absolute Gasteiger partial charge is 0.0591 e. The molecule has 21 heavy (non-hydrogen) atoms. The van der Waals surface area contributed by atoms with E-state index in [1.54, 1.807) is 0 Å². The van der Waals surface area contributed by atoms with E-state index in [0.29, 0.717) is 0 Å². The highest BCUT2D eigenvalue weighted by molar-refractivity contribution is 5.87. The Kier molecular flexibility index (Phi) is 837. The van der Waals surface area contributed by atoms with Crippen LogP contribution in [0.5, 0.6) is 0 Å². The highest BCUT2D eigenvalue weighted by atomic mass is 35.5. The van der Waals surface area contributed by atoms with E-state index in [1.165, 1.54) is 0 Å². The number of halogens is 15. The third-order valence-corrected chi connectivity index (χ3v) is 0.846. The Labute approximate surface area is 220 Å². The summed E-state index contributed by atoms with van der Waals surface area (Å²) in [6.45, 7) is 3.83. The maximum absolute atomic E-state index is 5.01. The molecule has 156 valence electrons. The van der Waals surface area contributed by atoms with E-state index < -0.39 is 0 Å². The van der Waals surface area contributed by atoms with E-state index in [0.717, 1.165) is 26.3 Å². The second-order valence-corrected chi connectivity index (χ2v) is 1.36. The van der Waals surface area contributed by atoms with Crippen molar-refractivity contribution in [3.63, 3.8) is 0 Å². The molecule has 0 amide bonds. The van der Waals surface area contributed by atoms with Gasteiger partial charge in [-0.2, -0.15) is 0 Å². The normalized spacial score (nSPS) is 6.86. The number of nitrogens with one attached hydrogen (secondary N) is 1. The van der Waals surface area contributed by atoms with Crippen molar-refractivity contribution >= 4 is 186 Å². The van der Waals surface area contributed by atoms with Gasteiger partial charge in [0.1, 0.15) is 0 Å². The lowest BCUT2D eigenvalue weighted by Crippen LogP contribution is -2.30. The van der Waals surface area contributed by atoms with E-state index in [2.05, 4.69) is 5.32 Å². The molecule has 1 N–H and O–H groups in total. The van der Waals surface area contributed by atoms with Crippen LogP contribution in [-0.2, 0) is 4.74 Å². The topological polar surface area (TPSA) is 21.3 Å². The van der Waals surface area contributed by atoms with E-state index in [9.17, 15) is 0 Å². The largest absolute Gasteiger partial charge is 0.379 e. The van der Waals surface area contributed by atoms with Gasteiger partial charge in [0, 0.05) is 13.1 Å². The maximum atomic E-state index is 5.01. The van der Waals surface area contributed by atoms with Gasteiger partial charge in [-0.05, 0) is 0 Å². The maximum Gasteiger partial charge on any atom is 0.0591 e. The molecule has 1 heterocycles. The van der Waals surface area contributed by atoms with Gasteiger partial charge in [0.15, 0.2) is 0 Å². The molecule has 0 radical (unpaired) electrons. The van der Waals surface area contributed by atoms with Crippen LogP contribution in [0.4, 0.5) is 0 Å².